The molecule has 5 N–H and O–H groups in total. The lowest BCUT2D eigenvalue weighted by Gasteiger charge is -2.16. The Bertz CT molecular complexity index is 1560. The molecule has 0 spiro atoms. The highest BCUT2D eigenvalue weighted by atomic mass is 32.1. The van der Waals surface area contributed by atoms with Crippen LogP contribution in [0.4, 0.5) is 24.5 Å². The predicted molar refractivity (Wildman–Crippen MR) is 176 cm³/mol. The number of amidine groups is 1. The van der Waals surface area contributed by atoms with E-state index in [-0.39, 0.29) is 30.0 Å². The zero-order chi connectivity index (χ0) is 33.1. The second-order valence-electron chi connectivity index (χ2n) is 10.1. The van der Waals surface area contributed by atoms with Crippen LogP contribution >= 0.6 is 12.2 Å². The van der Waals surface area contributed by atoms with E-state index in [9.17, 15) is 13.2 Å². The maximum absolute atomic E-state index is 12.5. The van der Waals surface area contributed by atoms with Crippen molar-refractivity contribution in [1.29, 1.82) is 0 Å². The van der Waals surface area contributed by atoms with Crippen LogP contribution in [0.1, 0.15) is 36.5 Å². The quantitative estimate of drug-likeness (QED) is 0.0953. The van der Waals surface area contributed by atoms with Crippen LogP contribution in [0, 0.1) is 0 Å². The number of halogens is 3. The van der Waals surface area contributed by atoms with E-state index in [2.05, 4.69) is 49.7 Å². The van der Waals surface area contributed by atoms with Crippen LogP contribution in [0.2, 0.25) is 0 Å². The van der Waals surface area contributed by atoms with Gasteiger partial charge in [0.25, 0.3) is 0 Å². The van der Waals surface area contributed by atoms with Gasteiger partial charge in [-0.15, -0.1) is 13.2 Å². The van der Waals surface area contributed by atoms with Crippen LogP contribution in [0.3, 0.4) is 0 Å². The largest absolute Gasteiger partial charge is 0.573 e. The zero-order valence-corrected chi connectivity index (χ0v) is 26.1. The number of alkyl halides is 3. The normalized spacial score (nSPS) is 14.5. The topological polar surface area (TPSA) is 136 Å². The number of aliphatic imine (C=N–C) groups is 2. The summed E-state index contributed by atoms with van der Waals surface area (Å²) >= 11 is 5.41. The summed E-state index contributed by atoms with van der Waals surface area (Å²) in [6.07, 6.45) is -3.74. The van der Waals surface area contributed by atoms with Gasteiger partial charge >= 0.3 is 6.36 Å². The molecule has 1 heterocycles. The third kappa shape index (κ3) is 10.7. The number of nitrogens with two attached hydrogens (primary N) is 1. The van der Waals surface area contributed by atoms with E-state index in [0.717, 1.165) is 16.8 Å². The molecule has 0 atom stereocenters. The summed E-state index contributed by atoms with van der Waals surface area (Å²) < 4.78 is 57.7. The number of anilines is 2. The van der Waals surface area contributed by atoms with Gasteiger partial charge in [0, 0.05) is 23.0 Å². The van der Waals surface area contributed by atoms with Crippen LogP contribution in [0.25, 0.3) is 0 Å². The third-order valence-electron chi connectivity index (χ3n) is 6.37. The molecule has 0 bridgehead atoms. The number of methoxy groups -OCH3 is 1. The molecule has 244 valence electrons. The number of hydrogen-bond donors (Lipinski definition) is 4. The first-order chi connectivity index (χ1) is 22.0. The standard InChI is InChI=1S/C31H34F3N7O4S/c1-19(2)25-13-12-24(42-3)16-26(25)39-30(46)41-37-17-20-4-6-21(7-5-20)28(35)40-29(36-18-27-43-14-15-44-27)38-22-8-10-23(11-9-22)45-31(32,33)34/h4-13,16-17,19,27H,14-15,18H2,1-3H3,(H2,39,41,46)(H3,35,36,38,40)/b37-17+. The third-order valence-corrected chi connectivity index (χ3v) is 6.56. The average Bonchev–Trinajstić information content (AvgIpc) is 3.54. The van der Waals surface area contributed by atoms with Gasteiger partial charge in [0.15, 0.2) is 11.4 Å². The van der Waals surface area contributed by atoms with E-state index < -0.39 is 12.7 Å². The Morgan fingerprint density at radius 3 is 2.33 bits per heavy atom. The molecule has 3 aromatic carbocycles. The second-order valence-corrected chi connectivity index (χ2v) is 10.5. The van der Waals surface area contributed by atoms with Crippen LogP contribution in [0.15, 0.2) is 81.8 Å². The molecule has 0 radical (unpaired) electrons. The summed E-state index contributed by atoms with van der Waals surface area (Å²) in [7, 11) is 1.61. The van der Waals surface area contributed by atoms with E-state index in [4.69, 9.17) is 32.2 Å². The monoisotopic (exact) mass is 657 g/mol. The molecule has 0 unspecified atom stereocenters. The molecule has 0 amide bonds. The van der Waals surface area contributed by atoms with Gasteiger partial charge in [-0.2, -0.15) is 10.1 Å². The summed E-state index contributed by atoms with van der Waals surface area (Å²) in [6.45, 7) is 5.20. The average molecular weight is 658 g/mol. The molecule has 3 aromatic rings. The van der Waals surface area contributed by atoms with Gasteiger partial charge in [-0.25, -0.2) is 4.99 Å². The number of nitrogens with zero attached hydrogens (tertiary/aromatic N) is 3. The fraction of sp³-hybridized carbons (Fsp3) is 0.290. The van der Waals surface area contributed by atoms with Crippen molar-refractivity contribution in [1.82, 2.24) is 5.43 Å². The summed E-state index contributed by atoms with van der Waals surface area (Å²) in [5, 5.41) is 10.7. The van der Waals surface area contributed by atoms with Gasteiger partial charge in [-0.1, -0.05) is 44.2 Å². The second kappa shape index (κ2) is 16.0. The van der Waals surface area contributed by atoms with E-state index in [0.29, 0.717) is 35.3 Å². The summed E-state index contributed by atoms with van der Waals surface area (Å²) in [5.41, 5.74) is 12.8. The SMILES string of the molecule is COc1ccc(C(C)C)c(NC(=S)N/N=C/c2ccc(C(N)=NC(=NCC3OCCO3)Nc3ccc(OC(F)(F)F)cc3)cc2)c1. The molecule has 0 aliphatic carbocycles. The van der Waals surface area contributed by atoms with Crippen molar-refractivity contribution in [3.05, 3.63) is 83.4 Å². The van der Waals surface area contributed by atoms with Crippen LogP contribution in [-0.2, 0) is 9.47 Å². The van der Waals surface area contributed by atoms with E-state index in [1.807, 2.05) is 18.2 Å². The Labute approximate surface area is 269 Å². The first-order valence-corrected chi connectivity index (χ1v) is 14.5. The Morgan fingerprint density at radius 1 is 1.02 bits per heavy atom. The number of hydrogen-bond acceptors (Lipinski definition) is 7. The van der Waals surface area contributed by atoms with Gasteiger partial charge in [0.2, 0.25) is 5.96 Å². The number of guanidine groups is 1. The zero-order valence-electron chi connectivity index (χ0n) is 25.3. The lowest BCUT2D eigenvalue weighted by molar-refractivity contribution is -0.274. The van der Waals surface area contributed by atoms with Crippen molar-refractivity contribution >= 4 is 46.7 Å². The Hall–Kier alpha value is -4.73. The van der Waals surface area contributed by atoms with Crippen molar-refractivity contribution < 1.29 is 32.1 Å². The number of rotatable bonds is 10. The maximum atomic E-state index is 12.5. The van der Waals surface area contributed by atoms with Gasteiger partial charge in [0.1, 0.15) is 17.3 Å². The number of hydrazone groups is 1. The minimum atomic E-state index is -4.79. The molecule has 1 fully saturated rings. The van der Waals surface area contributed by atoms with Crippen LogP contribution < -0.4 is 31.3 Å². The van der Waals surface area contributed by atoms with Crippen molar-refractivity contribution in [2.24, 2.45) is 20.8 Å². The van der Waals surface area contributed by atoms with Gasteiger partial charge in [0.05, 0.1) is 33.1 Å². The minimum absolute atomic E-state index is 0.105. The fourth-order valence-electron chi connectivity index (χ4n) is 4.15. The molecular formula is C31H34F3N7O4S. The highest BCUT2D eigenvalue weighted by molar-refractivity contribution is 7.80. The van der Waals surface area contributed by atoms with Crippen molar-refractivity contribution in [3.8, 4) is 11.5 Å². The smallest absolute Gasteiger partial charge is 0.497 e. The number of thiocarbonyl (C=S) groups is 1. The molecule has 0 saturated carbocycles. The highest BCUT2D eigenvalue weighted by Crippen LogP contribution is 2.28. The molecular weight excluding hydrogens is 623 g/mol. The lowest BCUT2D eigenvalue weighted by atomic mass is 10.0. The van der Waals surface area contributed by atoms with Crippen molar-refractivity contribution in [2.75, 3.05) is 37.5 Å². The Kier molecular flexibility index (Phi) is 11.9. The summed E-state index contributed by atoms with van der Waals surface area (Å²) in [6, 6.07) is 18.0. The molecule has 15 heteroatoms. The Morgan fingerprint density at radius 2 is 1.70 bits per heavy atom. The number of ether oxygens (including phenoxy) is 4. The van der Waals surface area contributed by atoms with Crippen LogP contribution in [-0.4, -0.2) is 62.6 Å². The van der Waals surface area contributed by atoms with Gasteiger partial charge in [-0.3, -0.25) is 5.43 Å². The van der Waals surface area contributed by atoms with E-state index in [1.54, 1.807) is 37.6 Å². The molecule has 0 aromatic heterocycles. The van der Waals surface area contributed by atoms with Gasteiger partial charge in [-0.05, 0) is 59.6 Å². The molecule has 46 heavy (non-hydrogen) atoms. The summed E-state index contributed by atoms with van der Waals surface area (Å²) in [4.78, 5) is 8.80. The fourth-order valence-corrected chi connectivity index (χ4v) is 4.32. The number of benzene rings is 3. The minimum Gasteiger partial charge on any atom is -0.497 e. The predicted octanol–water partition coefficient (Wildman–Crippen LogP) is 5.58. The molecule has 1 aliphatic rings. The Balaban J connectivity index is 1.40. The van der Waals surface area contributed by atoms with Gasteiger partial charge < -0.3 is 35.3 Å². The van der Waals surface area contributed by atoms with Crippen molar-refractivity contribution in [3.63, 3.8) is 0 Å². The molecule has 11 nitrogen and oxygen atoms in total. The first kappa shape index (κ1) is 34.1. The molecule has 1 saturated heterocycles. The molecule has 1 aliphatic heterocycles. The van der Waals surface area contributed by atoms with E-state index in [1.165, 1.54) is 24.3 Å². The van der Waals surface area contributed by atoms with Crippen LogP contribution in [0.5, 0.6) is 11.5 Å². The highest BCUT2D eigenvalue weighted by Gasteiger charge is 2.31. The number of nitrogens with one attached hydrogen (secondary N) is 3. The summed E-state index contributed by atoms with van der Waals surface area (Å²) in [5.74, 6) is 0.870. The maximum Gasteiger partial charge on any atom is 0.573 e. The van der Waals surface area contributed by atoms with E-state index >= 15 is 0 Å². The molecule has 4 rings (SSSR count). The lowest BCUT2D eigenvalue weighted by Crippen LogP contribution is -2.24. The van der Waals surface area contributed by atoms with Crippen molar-refractivity contribution in [2.45, 2.75) is 32.4 Å². The first-order valence-electron chi connectivity index (χ1n) is 14.1.